The van der Waals surface area contributed by atoms with Gasteiger partial charge in [-0.3, -0.25) is 0 Å². The average Bonchev–Trinajstić information content (AvgIpc) is 0.918. The SMILES string of the molecule is CCO.[Cl-].[Cl-].[Cl-].[Cl-].[H+].[Ti+3]. The molecule has 53 valence electrons. The molecule has 1 N–H and O–H groups in total. The van der Waals surface area contributed by atoms with Crippen LogP contribution in [0.4, 0.5) is 0 Å². The van der Waals surface area contributed by atoms with Crippen molar-refractivity contribution < 1.29 is 77.9 Å². The Hall–Kier alpha value is 1.83. The van der Waals surface area contributed by atoms with Gasteiger partial charge in [0.15, 0.2) is 0 Å². The number of hydrogen-bond acceptors (Lipinski definition) is 1. The van der Waals surface area contributed by atoms with E-state index in [4.69, 9.17) is 5.11 Å². The van der Waals surface area contributed by atoms with Crippen molar-refractivity contribution >= 4 is 0 Å². The second-order valence-corrected chi connectivity index (χ2v) is 0.316. The van der Waals surface area contributed by atoms with Crippen LogP contribution >= 0.6 is 0 Å². The Labute approximate surface area is 91.0 Å². The van der Waals surface area contributed by atoms with Crippen molar-refractivity contribution in [1.29, 1.82) is 0 Å². The first-order chi connectivity index (χ1) is 1.41. The average molecular weight is 237 g/mol. The summed E-state index contributed by atoms with van der Waals surface area (Å²) in [4.78, 5) is 0. The largest absolute Gasteiger partial charge is 3.00 e. The predicted octanol–water partition coefficient (Wildman–Crippen LogP) is -11.9. The fourth-order valence-corrected chi connectivity index (χ4v) is 0. The molecule has 0 aliphatic carbocycles. The van der Waals surface area contributed by atoms with Crippen LogP contribution in [-0.2, 0) is 21.7 Å². The van der Waals surface area contributed by atoms with E-state index in [9.17, 15) is 0 Å². The van der Waals surface area contributed by atoms with Gasteiger partial charge in [-0.15, -0.1) is 0 Å². The molecule has 0 spiro atoms. The number of halogens is 4. The van der Waals surface area contributed by atoms with E-state index in [0.717, 1.165) is 0 Å². The van der Waals surface area contributed by atoms with Crippen molar-refractivity contribution in [2.75, 3.05) is 6.61 Å². The Bertz CT molecular complexity index is 18.5. The van der Waals surface area contributed by atoms with Gasteiger partial charge in [-0.1, -0.05) is 0 Å². The Balaban J connectivity index is -0.00000000133. The standard InChI is InChI=1S/C2H6O.4ClH.Ti/c1-2-3;;;;;/h3H,2H2,1H3;4*1H;/q;;;;;+3/p-3. The zero-order chi connectivity index (χ0) is 2.71. The van der Waals surface area contributed by atoms with E-state index in [2.05, 4.69) is 0 Å². The smallest absolute Gasteiger partial charge is 1.00 e. The first-order valence-electron chi connectivity index (χ1n) is 1.02. The van der Waals surface area contributed by atoms with E-state index in [1.807, 2.05) is 0 Å². The summed E-state index contributed by atoms with van der Waals surface area (Å²) in [6.07, 6.45) is 0. The summed E-state index contributed by atoms with van der Waals surface area (Å²) in [6, 6.07) is 0. The van der Waals surface area contributed by atoms with Crippen molar-refractivity contribution in [2.45, 2.75) is 6.92 Å². The van der Waals surface area contributed by atoms with Gasteiger partial charge in [-0.2, -0.15) is 0 Å². The van der Waals surface area contributed by atoms with Crippen molar-refractivity contribution in [1.82, 2.24) is 0 Å². The van der Waals surface area contributed by atoms with Crippen molar-refractivity contribution in [2.24, 2.45) is 0 Å². The number of hydrogen-bond donors (Lipinski definition) is 1. The van der Waals surface area contributed by atoms with Gasteiger partial charge in [0.2, 0.25) is 0 Å². The molecule has 1 nitrogen and oxygen atoms in total. The van der Waals surface area contributed by atoms with Gasteiger partial charge in [-0.25, -0.2) is 0 Å². The van der Waals surface area contributed by atoms with Crippen molar-refractivity contribution in [3.8, 4) is 0 Å². The molecule has 0 amide bonds. The van der Waals surface area contributed by atoms with E-state index in [1.54, 1.807) is 6.92 Å². The summed E-state index contributed by atoms with van der Waals surface area (Å²) in [5.41, 5.74) is 0. The maximum Gasteiger partial charge on any atom is 3.00 e. The molecule has 0 bridgehead atoms. The molecule has 0 fully saturated rings. The molecular formula is C2H7Cl4OTi. The van der Waals surface area contributed by atoms with Gasteiger partial charge in [0.05, 0.1) is 0 Å². The second kappa shape index (κ2) is 67.5. The Morgan fingerprint density at radius 1 is 1.12 bits per heavy atom. The van der Waals surface area contributed by atoms with Gasteiger partial charge in [0, 0.05) is 6.61 Å². The molecule has 0 unspecified atom stereocenters. The van der Waals surface area contributed by atoms with Crippen LogP contribution in [0.25, 0.3) is 0 Å². The molecule has 0 saturated heterocycles. The first-order valence-corrected chi connectivity index (χ1v) is 1.02. The van der Waals surface area contributed by atoms with Crippen LogP contribution in [0.2, 0.25) is 0 Å². The Morgan fingerprint density at radius 3 is 1.12 bits per heavy atom. The molecule has 0 aliphatic heterocycles. The third-order valence-electron chi connectivity index (χ3n) is 0. The van der Waals surface area contributed by atoms with Gasteiger partial charge >= 0.3 is 23.1 Å². The van der Waals surface area contributed by atoms with Gasteiger partial charge in [0.1, 0.15) is 0 Å². The minimum atomic E-state index is 0. The third-order valence-corrected chi connectivity index (χ3v) is 0. The fraction of sp³-hybridized carbons (Fsp3) is 1.00. The van der Waals surface area contributed by atoms with Crippen LogP contribution in [0, 0.1) is 0 Å². The zero-order valence-electron chi connectivity index (χ0n) is 5.17. The molecular weight excluding hydrogens is 230 g/mol. The summed E-state index contributed by atoms with van der Waals surface area (Å²) >= 11 is 0. The zero-order valence-corrected chi connectivity index (χ0v) is 8.75. The molecule has 0 atom stereocenters. The maximum absolute atomic E-state index is 7.57. The van der Waals surface area contributed by atoms with Crippen LogP contribution in [0.15, 0.2) is 0 Å². The fourth-order valence-electron chi connectivity index (χ4n) is 0. The minimum absolute atomic E-state index is 0. The molecule has 0 heterocycles. The molecule has 6 heteroatoms. The van der Waals surface area contributed by atoms with Crippen LogP contribution < -0.4 is 49.6 Å². The first kappa shape index (κ1) is 52.2. The van der Waals surface area contributed by atoms with Crippen LogP contribution in [0.1, 0.15) is 8.35 Å². The predicted molar refractivity (Wildman–Crippen MR) is 13.9 cm³/mol. The normalized spacial score (nSPS) is 2.25. The van der Waals surface area contributed by atoms with Crippen LogP contribution in [0.5, 0.6) is 0 Å². The maximum atomic E-state index is 7.57. The monoisotopic (exact) mass is 235 g/mol. The van der Waals surface area contributed by atoms with Gasteiger partial charge in [0.25, 0.3) is 0 Å². The van der Waals surface area contributed by atoms with Crippen LogP contribution in [-0.4, -0.2) is 11.7 Å². The minimum Gasteiger partial charge on any atom is -1.00 e. The third kappa shape index (κ3) is 109. The molecule has 0 aliphatic rings. The second-order valence-electron chi connectivity index (χ2n) is 0.316. The van der Waals surface area contributed by atoms with E-state index in [0.29, 0.717) is 0 Å². The molecule has 0 aromatic rings. The summed E-state index contributed by atoms with van der Waals surface area (Å²) in [7, 11) is 0. The quantitative estimate of drug-likeness (QED) is 0.415. The Kier molecular flexibility index (Phi) is 440. The number of rotatable bonds is 0. The number of aliphatic hydroxyl groups is 1. The van der Waals surface area contributed by atoms with Crippen molar-refractivity contribution in [3.63, 3.8) is 0 Å². The van der Waals surface area contributed by atoms with Crippen molar-refractivity contribution in [3.05, 3.63) is 0 Å². The van der Waals surface area contributed by atoms with Gasteiger partial charge in [-0.05, 0) is 6.92 Å². The van der Waals surface area contributed by atoms with E-state index in [1.165, 1.54) is 0 Å². The molecule has 0 rings (SSSR count). The molecule has 1 radical (unpaired) electrons. The molecule has 0 aromatic heterocycles. The molecule has 8 heavy (non-hydrogen) atoms. The summed E-state index contributed by atoms with van der Waals surface area (Å²) < 4.78 is 0. The summed E-state index contributed by atoms with van der Waals surface area (Å²) in [5, 5.41) is 7.57. The molecule has 0 aromatic carbocycles. The number of aliphatic hydroxyl groups excluding tert-OH is 1. The van der Waals surface area contributed by atoms with E-state index < -0.39 is 0 Å². The summed E-state index contributed by atoms with van der Waals surface area (Å²) in [6.45, 7) is 1.93. The van der Waals surface area contributed by atoms with E-state index in [-0.39, 0.29) is 79.4 Å². The van der Waals surface area contributed by atoms with Crippen LogP contribution in [0.3, 0.4) is 0 Å². The Morgan fingerprint density at radius 2 is 1.12 bits per heavy atom. The topological polar surface area (TPSA) is 20.2 Å². The molecule has 0 saturated carbocycles. The van der Waals surface area contributed by atoms with E-state index >= 15 is 0 Å². The summed E-state index contributed by atoms with van der Waals surface area (Å²) in [5.74, 6) is 0. The van der Waals surface area contributed by atoms with Gasteiger partial charge < -0.3 is 54.7 Å².